The Morgan fingerprint density at radius 2 is 1.21 bits per heavy atom. The Labute approximate surface area is 140 Å². The molecular weight excluding hydrogens is 299 g/mol. The van der Waals surface area contributed by atoms with E-state index in [2.05, 4.69) is 0 Å². The lowest BCUT2D eigenvalue weighted by atomic mass is 9.99. The first kappa shape index (κ1) is 14.5. The highest BCUT2D eigenvalue weighted by molar-refractivity contribution is 6.20. The maximum atomic E-state index is 14.3. The van der Waals surface area contributed by atoms with E-state index in [1.807, 2.05) is 60.7 Å². The monoisotopic (exact) mass is 314 g/mol. The Morgan fingerprint density at radius 1 is 0.625 bits per heavy atom. The van der Waals surface area contributed by atoms with E-state index < -0.39 is 0 Å². The highest BCUT2D eigenvalue weighted by Gasteiger charge is 2.18. The fourth-order valence-corrected chi connectivity index (χ4v) is 2.83. The summed E-state index contributed by atoms with van der Waals surface area (Å²) in [6.45, 7) is 0. The van der Waals surface area contributed by atoms with Gasteiger partial charge >= 0.3 is 0 Å². The summed E-state index contributed by atoms with van der Waals surface area (Å²) >= 11 is 0. The zero-order valence-corrected chi connectivity index (χ0v) is 13.0. The molecule has 0 unspecified atom stereocenters. The maximum Gasteiger partial charge on any atom is 0.132 e. The van der Waals surface area contributed by atoms with Crippen LogP contribution >= 0.6 is 0 Å². The summed E-state index contributed by atoms with van der Waals surface area (Å²) in [5.74, 6) is -0.261. The molecule has 0 aliphatic carbocycles. The summed E-state index contributed by atoms with van der Waals surface area (Å²) in [5.41, 5.74) is 4.71. The van der Waals surface area contributed by atoms with Crippen LogP contribution in [0.3, 0.4) is 0 Å². The Hall–Kier alpha value is -3.07. The van der Waals surface area contributed by atoms with Gasteiger partial charge in [0.15, 0.2) is 0 Å². The Bertz CT molecular complexity index is 943. The van der Waals surface area contributed by atoms with Crippen molar-refractivity contribution >= 4 is 22.8 Å². The van der Waals surface area contributed by atoms with Gasteiger partial charge in [-0.25, -0.2) is 4.39 Å². The Morgan fingerprint density at radius 3 is 1.92 bits per heavy atom. The lowest BCUT2D eigenvalue weighted by Crippen LogP contribution is -2.11. The molecule has 0 saturated heterocycles. The van der Waals surface area contributed by atoms with Crippen LogP contribution in [0.1, 0.15) is 17.5 Å². The van der Waals surface area contributed by atoms with Crippen LogP contribution in [-0.4, -0.2) is 11.4 Å². The third-order valence-corrected chi connectivity index (χ3v) is 4.02. The van der Waals surface area contributed by atoms with Crippen LogP contribution < -0.4 is 0 Å². The second kappa shape index (κ2) is 6.20. The summed E-state index contributed by atoms with van der Waals surface area (Å²) in [6.07, 6.45) is 0.486. The number of rotatable bonds is 2. The molecule has 116 valence electrons. The second-order valence-electron chi connectivity index (χ2n) is 5.63. The van der Waals surface area contributed by atoms with Gasteiger partial charge in [0.05, 0.1) is 22.8 Å². The molecule has 0 bridgehead atoms. The molecule has 0 saturated carbocycles. The van der Waals surface area contributed by atoms with Gasteiger partial charge in [0.1, 0.15) is 5.82 Å². The number of benzene rings is 3. The third kappa shape index (κ3) is 2.76. The quantitative estimate of drug-likeness (QED) is 0.599. The predicted octanol–water partition coefficient (Wildman–Crippen LogP) is 5.47. The topological polar surface area (TPSA) is 24.7 Å². The molecule has 3 heteroatoms. The minimum Gasteiger partial charge on any atom is -0.250 e. The fourth-order valence-electron chi connectivity index (χ4n) is 2.83. The largest absolute Gasteiger partial charge is 0.250 e. The van der Waals surface area contributed by atoms with E-state index in [1.165, 1.54) is 6.07 Å². The molecule has 3 aromatic carbocycles. The van der Waals surface area contributed by atoms with Gasteiger partial charge in [0.2, 0.25) is 0 Å². The number of para-hydroxylation sites is 2. The molecule has 0 radical (unpaired) electrons. The summed E-state index contributed by atoms with van der Waals surface area (Å²) in [4.78, 5) is 9.50. The normalized spacial score (nSPS) is 13.5. The number of hydrogen-bond acceptors (Lipinski definition) is 2. The first-order valence-electron chi connectivity index (χ1n) is 7.86. The highest BCUT2D eigenvalue weighted by Crippen LogP contribution is 2.32. The van der Waals surface area contributed by atoms with Gasteiger partial charge in [-0.15, -0.1) is 0 Å². The first-order valence-corrected chi connectivity index (χ1v) is 7.86. The molecular formula is C21H15FN2. The van der Waals surface area contributed by atoms with E-state index in [4.69, 9.17) is 9.98 Å². The summed E-state index contributed by atoms with van der Waals surface area (Å²) in [5, 5.41) is 0. The number of nitrogens with zero attached hydrogens (tertiary/aromatic N) is 2. The maximum absolute atomic E-state index is 14.3. The molecule has 0 N–H and O–H groups in total. The lowest BCUT2D eigenvalue weighted by molar-refractivity contribution is 0.625. The molecule has 3 aromatic rings. The molecule has 0 atom stereocenters. The van der Waals surface area contributed by atoms with E-state index in [0.717, 1.165) is 22.6 Å². The standard InChI is InChI=1S/C21H15FN2/c22-17-11-5-4-10-16(17)21-14-20(15-8-2-1-3-9-15)23-18-12-6-7-13-19(18)24-21/h1-13H,14H2. The third-order valence-electron chi connectivity index (χ3n) is 4.02. The van der Waals surface area contributed by atoms with Crippen LogP contribution in [0.2, 0.25) is 0 Å². The van der Waals surface area contributed by atoms with Crippen molar-refractivity contribution in [2.24, 2.45) is 9.98 Å². The molecule has 1 heterocycles. The molecule has 1 aliphatic heterocycles. The average molecular weight is 314 g/mol. The van der Waals surface area contributed by atoms with E-state index >= 15 is 0 Å². The smallest absolute Gasteiger partial charge is 0.132 e. The van der Waals surface area contributed by atoms with Gasteiger partial charge in [0.25, 0.3) is 0 Å². The van der Waals surface area contributed by atoms with Gasteiger partial charge in [-0.2, -0.15) is 0 Å². The van der Waals surface area contributed by atoms with Crippen molar-refractivity contribution in [3.8, 4) is 0 Å². The van der Waals surface area contributed by atoms with Gasteiger partial charge in [-0.3, -0.25) is 9.98 Å². The van der Waals surface area contributed by atoms with E-state index in [-0.39, 0.29) is 5.82 Å². The minimum atomic E-state index is -0.261. The van der Waals surface area contributed by atoms with E-state index in [9.17, 15) is 4.39 Å². The van der Waals surface area contributed by atoms with E-state index in [1.54, 1.807) is 12.1 Å². The van der Waals surface area contributed by atoms with Crippen molar-refractivity contribution < 1.29 is 4.39 Å². The summed E-state index contributed by atoms with van der Waals surface area (Å²) in [7, 11) is 0. The molecule has 0 aromatic heterocycles. The molecule has 0 fully saturated rings. The molecule has 0 spiro atoms. The fraction of sp³-hybridized carbons (Fsp3) is 0.0476. The van der Waals surface area contributed by atoms with Gasteiger partial charge in [-0.1, -0.05) is 60.7 Å². The zero-order chi connectivity index (χ0) is 16.4. The number of fused-ring (bicyclic) bond motifs is 1. The minimum absolute atomic E-state index is 0.261. The van der Waals surface area contributed by atoms with Gasteiger partial charge < -0.3 is 0 Å². The van der Waals surface area contributed by atoms with Crippen molar-refractivity contribution in [1.29, 1.82) is 0 Å². The molecule has 2 nitrogen and oxygen atoms in total. The molecule has 4 rings (SSSR count). The van der Waals surface area contributed by atoms with Crippen LogP contribution in [0.4, 0.5) is 15.8 Å². The van der Waals surface area contributed by atoms with Crippen LogP contribution in [0.5, 0.6) is 0 Å². The number of halogens is 1. The second-order valence-corrected chi connectivity index (χ2v) is 5.63. The van der Waals surface area contributed by atoms with Crippen LogP contribution in [-0.2, 0) is 0 Å². The SMILES string of the molecule is Fc1ccccc1C1=Nc2ccccc2N=C(c2ccccc2)C1. The zero-order valence-electron chi connectivity index (χ0n) is 13.0. The molecule has 0 amide bonds. The predicted molar refractivity (Wildman–Crippen MR) is 96.3 cm³/mol. The highest BCUT2D eigenvalue weighted by atomic mass is 19.1. The van der Waals surface area contributed by atoms with Crippen molar-refractivity contribution in [1.82, 2.24) is 0 Å². The molecule has 1 aliphatic rings. The van der Waals surface area contributed by atoms with Crippen LogP contribution in [0.15, 0.2) is 88.8 Å². The van der Waals surface area contributed by atoms with Crippen LogP contribution in [0.25, 0.3) is 0 Å². The van der Waals surface area contributed by atoms with Gasteiger partial charge in [0, 0.05) is 12.0 Å². The summed E-state index contributed by atoms with van der Waals surface area (Å²) < 4.78 is 14.3. The van der Waals surface area contributed by atoms with Crippen LogP contribution in [0, 0.1) is 5.82 Å². The van der Waals surface area contributed by atoms with E-state index in [0.29, 0.717) is 17.7 Å². The summed E-state index contributed by atoms with van der Waals surface area (Å²) in [6, 6.07) is 24.4. The number of hydrogen-bond donors (Lipinski definition) is 0. The van der Waals surface area contributed by atoms with Crippen molar-refractivity contribution in [2.45, 2.75) is 6.42 Å². The lowest BCUT2D eigenvalue weighted by Gasteiger charge is -2.08. The Balaban J connectivity index is 1.90. The number of aliphatic imine (C=N–C) groups is 2. The van der Waals surface area contributed by atoms with Crippen molar-refractivity contribution in [3.05, 3.63) is 95.8 Å². The molecule has 24 heavy (non-hydrogen) atoms. The average Bonchev–Trinajstić information content (AvgIpc) is 2.82. The van der Waals surface area contributed by atoms with Gasteiger partial charge in [-0.05, 0) is 23.8 Å². The Kier molecular flexibility index (Phi) is 3.75. The van der Waals surface area contributed by atoms with Crippen molar-refractivity contribution in [2.75, 3.05) is 0 Å². The first-order chi connectivity index (χ1) is 11.8. The van der Waals surface area contributed by atoms with Crippen molar-refractivity contribution in [3.63, 3.8) is 0 Å².